The Bertz CT molecular complexity index is 168. The minimum Gasteiger partial charge on any atom is -0.340 e. The lowest BCUT2D eigenvalue weighted by Crippen LogP contribution is -2.32. The zero-order valence-electron chi connectivity index (χ0n) is 8.26. The summed E-state index contributed by atoms with van der Waals surface area (Å²) in [6.45, 7) is 2.92. The van der Waals surface area contributed by atoms with E-state index in [4.69, 9.17) is 11.6 Å². The molecule has 3 heteroatoms. The van der Waals surface area contributed by atoms with Crippen molar-refractivity contribution in [1.29, 1.82) is 0 Å². The van der Waals surface area contributed by atoms with Crippen molar-refractivity contribution < 1.29 is 4.79 Å². The number of amides is 1. The van der Waals surface area contributed by atoms with Crippen LogP contribution in [0, 0.1) is 0 Å². The van der Waals surface area contributed by atoms with Crippen LogP contribution in [0.5, 0.6) is 0 Å². The van der Waals surface area contributed by atoms with E-state index >= 15 is 0 Å². The van der Waals surface area contributed by atoms with Crippen LogP contribution in [0.4, 0.5) is 0 Å². The first-order valence-electron chi connectivity index (χ1n) is 5.15. The number of nitrogens with zero attached hydrogens (tertiary/aromatic N) is 1. The Kier molecular flexibility index (Phi) is 4.57. The minimum atomic E-state index is 0.315. The van der Waals surface area contributed by atoms with Crippen molar-refractivity contribution in [2.75, 3.05) is 12.4 Å². The Balaban J connectivity index is 2.19. The van der Waals surface area contributed by atoms with Crippen LogP contribution in [0.3, 0.4) is 0 Å². The lowest BCUT2D eigenvalue weighted by atomic mass is 10.2. The first kappa shape index (κ1) is 10.8. The van der Waals surface area contributed by atoms with E-state index in [0.717, 1.165) is 19.4 Å². The SMILES string of the molecule is CCN(C(=O)CCCCCl)C1CC1. The number of hydrogen-bond acceptors (Lipinski definition) is 1. The second-order valence-electron chi connectivity index (χ2n) is 3.56. The van der Waals surface area contributed by atoms with Crippen molar-refractivity contribution in [3.8, 4) is 0 Å². The third kappa shape index (κ3) is 3.55. The molecular weight excluding hydrogens is 186 g/mol. The van der Waals surface area contributed by atoms with E-state index in [-0.39, 0.29) is 0 Å². The van der Waals surface area contributed by atoms with Gasteiger partial charge in [0.25, 0.3) is 0 Å². The van der Waals surface area contributed by atoms with E-state index in [9.17, 15) is 4.79 Å². The second kappa shape index (κ2) is 5.48. The molecule has 1 saturated carbocycles. The van der Waals surface area contributed by atoms with E-state index in [1.165, 1.54) is 12.8 Å². The Morgan fingerprint density at radius 2 is 2.15 bits per heavy atom. The summed E-state index contributed by atoms with van der Waals surface area (Å²) in [7, 11) is 0. The topological polar surface area (TPSA) is 20.3 Å². The van der Waals surface area contributed by atoms with Gasteiger partial charge in [-0.05, 0) is 32.6 Å². The van der Waals surface area contributed by atoms with Gasteiger partial charge < -0.3 is 4.90 Å². The van der Waals surface area contributed by atoms with Gasteiger partial charge in [0.15, 0.2) is 0 Å². The number of rotatable bonds is 6. The van der Waals surface area contributed by atoms with E-state index < -0.39 is 0 Å². The average Bonchev–Trinajstić information content (AvgIpc) is 2.90. The molecule has 0 aromatic rings. The first-order chi connectivity index (χ1) is 6.29. The van der Waals surface area contributed by atoms with Gasteiger partial charge in [0, 0.05) is 24.9 Å². The lowest BCUT2D eigenvalue weighted by molar-refractivity contribution is -0.131. The quantitative estimate of drug-likeness (QED) is 0.480. The van der Waals surface area contributed by atoms with Gasteiger partial charge in [0.2, 0.25) is 5.91 Å². The molecule has 0 atom stereocenters. The minimum absolute atomic E-state index is 0.315. The molecule has 0 aromatic carbocycles. The van der Waals surface area contributed by atoms with Crippen LogP contribution in [0.15, 0.2) is 0 Å². The number of carbonyl (C=O) groups excluding carboxylic acids is 1. The van der Waals surface area contributed by atoms with Gasteiger partial charge in [-0.25, -0.2) is 0 Å². The van der Waals surface area contributed by atoms with Crippen LogP contribution in [-0.4, -0.2) is 29.3 Å². The van der Waals surface area contributed by atoms with Gasteiger partial charge in [-0.1, -0.05) is 0 Å². The highest BCUT2D eigenvalue weighted by Crippen LogP contribution is 2.27. The molecule has 13 heavy (non-hydrogen) atoms. The Morgan fingerprint density at radius 1 is 1.46 bits per heavy atom. The summed E-state index contributed by atoms with van der Waals surface area (Å²) in [6.07, 6.45) is 4.97. The molecule has 1 amide bonds. The first-order valence-corrected chi connectivity index (χ1v) is 5.68. The van der Waals surface area contributed by atoms with Crippen LogP contribution < -0.4 is 0 Å². The number of unbranched alkanes of at least 4 members (excludes halogenated alkanes) is 1. The fourth-order valence-electron chi connectivity index (χ4n) is 1.54. The molecule has 1 rings (SSSR count). The molecule has 0 aromatic heterocycles. The van der Waals surface area contributed by atoms with Crippen molar-refractivity contribution in [3.05, 3.63) is 0 Å². The summed E-state index contributed by atoms with van der Waals surface area (Å²) in [4.78, 5) is 13.6. The molecule has 0 saturated heterocycles. The van der Waals surface area contributed by atoms with Crippen molar-refractivity contribution >= 4 is 17.5 Å². The molecule has 0 N–H and O–H groups in total. The Labute approximate surface area is 85.2 Å². The predicted molar refractivity (Wildman–Crippen MR) is 55.0 cm³/mol. The van der Waals surface area contributed by atoms with Gasteiger partial charge in [-0.15, -0.1) is 11.6 Å². The highest BCUT2D eigenvalue weighted by molar-refractivity contribution is 6.17. The van der Waals surface area contributed by atoms with Crippen LogP contribution in [0.25, 0.3) is 0 Å². The summed E-state index contributed by atoms with van der Waals surface area (Å²) in [6, 6.07) is 0.563. The lowest BCUT2D eigenvalue weighted by Gasteiger charge is -2.20. The summed E-state index contributed by atoms with van der Waals surface area (Å²) in [5.74, 6) is 0.984. The van der Waals surface area contributed by atoms with E-state index in [0.29, 0.717) is 24.2 Å². The third-order valence-electron chi connectivity index (χ3n) is 2.42. The summed E-state index contributed by atoms with van der Waals surface area (Å²) < 4.78 is 0. The van der Waals surface area contributed by atoms with E-state index in [2.05, 4.69) is 6.92 Å². The zero-order valence-corrected chi connectivity index (χ0v) is 9.02. The van der Waals surface area contributed by atoms with Gasteiger partial charge in [-0.2, -0.15) is 0 Å². The van der Waals surface area contributed by atoms with Gasteiger partial charge in [0.1, 0.15) is 0 Å². The largest absolute Gasteiger partial charge is 0.340 e. The monoisotopic (exact) mass is 203 g/mol. The van der Waals surface area contributed by atoms with Gasteiger partial charge in [-0.3, -0.25) is 4.79 Å². The fourth-order valence-corrected chi connectivity index (χ4v) is 1.73. The molecule has 0 aliphatic heterocycles. The third-order valence-corrected chi connectivity index (χ3v) is 2.69. The standard InChI is InChI=1S/C10H18ClNO/c1-2-12(9-6-7-9)10(13)5-3-4-8-11/h9H,2-8H2,1H3. The van der Waals surface area contributed by atoms with Crippen molar-refractivity contribution in [2.24, 2.45) is 0 Å². The fraction of sp³-hybridized carbons (Fsp3) is 0.900. The molecule has 1 aliphatic rings. The van der Waals surface area contributed by atoms with Crippen molar-refractivity contribution in [1.82, 2.24) is 4.90 Å². The van der Waals surface area contributed by atoms with E-state index in [1.54, 1.807) is 0 Å². The van der Waals surface area contributed by atoms with Crippen LogP contribution in [-0.2, 0) is 4.79 Å². The van der Waals surface area contributed by atoms with Gasteiger partial charge >= 0.3 is 0 Å². The van der Waals surface area contributed by atoms with Crippen LogP contribution in [0.1, 0.15) is 39.0 Å². The molecule has 0 spiro atoms. The molecule has 2 nitrogen and oxygen atoms in total. The maximum Gasteiger partial charge on any atom is 0.222 e. The second-order valence-corrected chi connectivity index (χ2v) is 3.93. The van der Waals surface area contributed by atoms with Crippen LogP contribution in [0.2, 0.25) is 0 Å². The summed E-state index contributed by atoms with van der Waals surface area (Å²) in [5.41, 5.74) is 0. The van der Waals surface area contributed by atoms with Crippen molar-refractivity contribution in [3.63, 3.8) is 0 Å². The molecule has 76 valence electrons. The number of alkyl halides is 1. The van der Waals surface area contributed by atoms with E-state index in [1.807, 2.05) is 4.90 Å². The molecular formula is C10H18ClNO. The maximum atomic E-state index is 11.6. The number of carbonyl (C=O) groups is 1. The number of hydrogen-bond donors (Lipinski definition) is 0. The Hall–Kier alpha value is -0.240. The highest BCUT2D eigenvalue weighted by Gasteiger charge is 2.30. The van der Waals surface area contributed by atoms with Crippen molar-refractivity contribution in [2.45, 2.75) is 45.1 Å². The normalized spacial score (nSPS) is 15.8. The molecule has 0 radical (unpaired) electrons. The summed E-state index contributed by atoms with van der Waals surface area (Å²) in [5, 5.41) is 0. The highest BCUT2D eigenvalue weighted by atomic mass is 35.5. The maximum absolute atomic E-state index is 11.6. The molecule has 1 fully saturated rings. The average molecular weight is 204 g/mol. The van der Waals surface area contributed by atoms with Gasteiger partial charge in [0.05, 0.1) is 0 Å². The molecule has 0 unspecified atom stereocenters. The zero-order chi connectivity index (χ0) is 9.68. The smallest absolute Gasteiger partial charge is 0.222 e. The summed E-state index contributed by atoms with van der Waals surface area (Å²) >= 11 is 5.55. The molecule has 0 bridgehead atoms. The molecule has 0 heterocycles. The number of halogens is 1. The molecule has 1 aliphatic carbocycles. The van der Waals surface area contributed by atoms with Crippen LogP contribution >= 0.6 is 11.6 Å². The predicted octanol–water partition coefficient (Wildman–Crippen LogP) is 2.41. The Morgan fingerprint density at radius 3 is 2.62 bits per heavy atom.